The summed E-state index contributed by atoms with van der Waals surface area (Å²) in [6.45, 7) is -0.222. The molecule has 1 fully saturated rings. The highest BCUT2D eigenvalue weighted by molar-refractivity contribution is 5.94. The van der Waals surface area contributed by atoms with E-state index < -0.39 is 35.1 Å². The van der Waals surface area contributed by atoms with E-state index in [0.717, 1.165) is 12.1 Å². The van der Waals surface area contributed by atoms with Gasteiger partial charge in [0.2, 0.25) is 5.91 Å². The number of hydrogen-bond acceptors (Lipinski definition) is 3. The van der Waals surface area contributed by atoms with Gasteiger partial charge in [0.15, 0.2) is 6.04 Å². The minimum absolute atomic E-state index is 0.222. The molecule has 1 atom stereocenters. The van der Waals surface area contributed by atoms with E-state index in [1.807, 2.05) is 0 Å². The molecular formula is C15H16F3NO4. The standard InChI is InChI=1S/C15H16F3NO4/c1-23-8-11(12(20)21)19-13(22)14(5-6-14)9-3-2-4-10(7-9)15(16,17)18/h2-4,7,11H,5-6,8H2,1H3,(H,19,22)(H,20,21). The number of rotatable bonds is 6. The number of hydrogen-bond donors (Lipinski definition) is 2. The number of ether oxygens (including phenoxy) is 1. The Kier molecular flexibility index (Phi) is 4.65. The summed E-state index contributed by atoms with van der Waals surface area (Å²) in [7, 11) is 1.29. The van der Waals surface area contributed by atoms with Gasteiger partial charge in [0.05, 0.1) is 17.6 Å². The van der Waals surface area contributed by atoms with Crippen LogP contribution in [0.2, 0.25) is 0 Å². The molecule has 1 aliphatic rings. The monoisotopic (exact) mass is 331 g/mol. The molecule has 126 valence electrons. The Morgan fingerprint density at radius 1 is 1.39 bits per heavy atom. The Morgan fingerprint density at radius 2 is 2.04 bits per heavy atom. The maximum atomic E-state index is 12.8. The van der Waals surface area contributed by atoms with Gasteiger partial charge in [-0.25, -0.2) is 4.79 Å². The van der Waals surface area contributed by atoms with E-state index in [1.54, 1.807) is 0 Å². The molecule has 5 nitrogen and oxygen atoms in total. The number of alkyl halides is 3. The average molecular weight is 331 g/mol. The number of aliphatic carboxylic acids is 1. The highest BCUT2D eigenvalue weighted by atomic mass is 19.4. The van der Waals surface area contributed by atoms with Gasteiger partial charge in [-0.3, -0.25) is 4.79 Å². The van der Waals surface area contributed by atoms with Crippen molar-refractivity contribution in [3.05, 3.63) is 35.4 Å². The van der Waals surface area contributed by atoms with Crippen LogP contribution in [-0.2, 0) is 25.9 Å². The summed E-state index contributed by atoms with van der Waals surface area (Å²) in [6, 6.07) is 3.33. The number of benzene rings is 1. The first-order valence-electron chi connectivity index (χ1n) is 6.91. The topological polar surface area (TPSA) is 75.6 Å². The van der Waals surface area contributed by atoms with Gasteiger partial charge in [0.1, 0.15) is 0 Å². The predicted octanol–water partition coefficient (Wildman–Crippen LogP) is 1.95. The smallest absolute Gasteiger partial charge is 0.416 e. The third-order valence-electron chi connectivity index (χ3n) is 3.86. The number of carbonyl (C=O) groups excluding carboxylic acids is 1. The highest BCUT2D eigenvalue weighted by Gasteiger charge is 2.52. The molecule has 0 saturated heterocycles. The summed E-state index contributed by atoms with van der Waals surface area (Å²) in [5.41, 5.74) is -1.69. The van der Waals surface area contributed by atoms with Crippen molar-refractivity contribution in [2.45, 2.75) is 30.5 Å². The molecule has 8 heteroatoms. The number of methoxy groups -OCH3 is 1. The normalized spacial score (nSPS) is 17.4. The first-order valence-corrected chi connectivity index (χ1v) is 6.91. The maximum absolute atomic E-state index is 12.8. The second-order valence-electron chi connectivity index (χ2n) is 5.48. The lowest BCUT2D eigenvalue weighted by molar-refractivity contribution is -0.143. The van der Waals surface area contributed by atoms with E-state index in [2.05, 4.69) is 5.32 Å². The molecule has 1 aliphatic carbocycles. The summed E-state index contributed by atoms with van der Waals surface area (Å²) in [4.78, 5) is 23.4. The van der Waals surface area contributed by atoms with Gasteiger partial charge in [-0.2, -0.15) is 13.2 Å². The zero-order valence-corrected chi connectivity index (χ0v) is 12.3. The van der Waals surface area contributed by atoms with Crippen molar-refractivity contribution in [3.8, 4) is 0 Å². The van der Waals surface area contributed by atoms with Gasteiger partial charge in [-0.1, -0.05) is 18.2 Å². The number of halogens is 3. The number of carboxylic acids is 1. The Labute approximate surface area is 130 Å². The number of nitrogens with one attached hydrogen (secondary N) is 1. The fraction of sp³-hybridized carbons (Fsp3) is 0.467. The van der Waals surface area contributed by atoms with Crippen LogP contribution in [0.1, 0.15) is 24.0 Å². The third-order valence-corrected chi connectivity index (χ3v) is 3.86. The van der Waals surface area contributed by atoms with Crippen LogP contribution in [0, 0.1) is 0 Å². The van der Waals surface area contributed by atoms with Crippen molar-refractivity contribution < 1.29 is 32.6 Å². The van der Waals surface area contributed by atoms with Gasteiger partial charge >= 0.3 is 12.1 Å². The summed E-state index contributed by atoms with van der Waals surface area (Å²) in [5, 5.41) is 11.3. The predicted molar refractivity (Wildman–Crippen MR) is 73.8 cm³/mol. The maximum Gasteiger partial charge on any atom is 0.416 e. The lowest BCUT2D eigenvalue weighted by Gasteiger charge is -2.20. The van der Waals surface area contributed by atoms with Gasteiger partial charge in [0, 0.05) is 7.11 Å². The van der Waals surface area contributed by atoms with Crippen LogP contribution in [0.5, 0.6) is 0 Å². The molecular weight excluding hydrogens is 315 g/mol. The quantitative estimate of drug-likeness (QED) is 0.835. The molecule has 2 rings (SSSR count). The van der Waals surface area contributed by atoms with Crippen LogP contribution in [0.15, 0.2) is 24.3 Å². The largest absolute Gasteiger partial charge is 0.480 e. The molecule has 1 amide bonds. The third kappa shape index (κ3) is 3.64. The highest BCUT2D eigenvalue weighted by Crippen LogP contribution is 2.49. The zero-order chi connectivity index (χ0) is 17.3. The van der Waals surface area contributed by atoms with Crippen molar-refractivity contribution in [1.29, 1.82) is 0 Å². The van der Waals surface area contributed by atoms with E-state index in [9.17, 15) is 22.8 Å². The van der Waals surface area contributed by atoms with Crippen LogP contribution in [0.4, 0.5) is 13.2 Å². The van der Waals surface area contributed by atoms with E-state index in [4.69, 9.17) is 9.84 Å². The minimum Gasteiger partial charge on any atom is -0.480 e. The van der Waals surface area contributed by atoms with Crippen LogP contribution in [-0.4, -0.2) is 36.7 Å². The van der Waals surface area contributed by atoms with Gasteiger partial charge in [-0.05, 0) is 24.5 Å². The Hall–Kier alpha value is -2.09. The molecule has 1 saturated carbocycles. The molecule has 2 N–H and O–H groups in total. The summed E-state index contributed by atoms with van der Waals surface area (Å²) in [5.74, 6) is -1.86. The average Bonchev–Trinajstić information content (AvgIpc) is 3.27. The fourth-order valence-corrected chi connectivity index (χ4v) is 2.40. The Bertz CT molecular complexity index is 611. The first kappa shape index (κ1) is 17.3. The fourth-order valence-electron chi connectivity index (χ4n) is 2.40. The molecule has 0 bridgehead atoms. The van der Waals surface area contributed by atoms with Gasteiger partial charge in [-0.15, -0.1) is 0 Å². The summed E-state index contributed by atoms with van der Waals surface area (Å²) < 4.78 is 43.1. The van der Waals surface area contributed by atoms with E-state index >= 15 is 0 Å². The lowest BCUT2D eigenvalue weighted by Crippen LogP contribution is -2.47. The van der Waals surface area contributed by atoms with Crippen molar-refractivity contribution in [3.63, 3.8) is 0 Å². The molecule has 0 aromatic heterocycles. The molecule has 0 aliphatic heterocycles. The molecule has 1 aromatic rings. The molecule has 1 unspecified atom stereocenters. The first-order chi connectivity index (χ1) is 10.7. The van der Waals surface area contributed by atoms with E-state index in [-0.39, 0.29) is 12.2 Å². The van der Waals surface area contributed by atoms with Crippen molar-refractivity contribution in [2.24, 2.45) is 0 Å². The second-order valence-corrected chi connectivity index (χ2v) is 5.48. The van der Waals surface area contributed by atoms with Gasteiger partial charge in [0.25, 0.3) is 0 Å². The van der Waals surface area contributed by atoms with Crippen LogP contribution < -0.4 is 5.32 Å². The number of carboxylic acid groups (broad SMARTS) is 1. The summed E-state index contributed by atoms with van der Waals surface area (Å²) >= 11 is 0. The van der Waals surface area contributed by atoms with Crippen LogP contribution >= 0.6 is 0 Å². The lowest BCUT2D eigenvalue weighted by atomic mass is 9.93. The zero-order valence-electron chi connectivity index (χ0n) is 12.3. The Balaban J connectivity index is 2.22. The molecule has 0 spiro atoms. The van der Waals surface area contributed by atoms with Crippen molar-refractivity contribution in [2.75, 3.05) is 13.7 Å². The van der Waals surface area contributed by atoms with Gasteiger partial charge < -0.3 is 15.2 Å². The van der Waals surface area contributed by atoms with E-state index in [0.29, 0.717) is 12.8 Å². The SMILES string of the molecule is COCC(NC(=O)C1(c2cccc(C(F)(F)F)c2)CC1)C(=O)O. The minimum atomic E-state index is -4.50. The van der Waals surface area contributed by atoms with Crippen molar-refractivity contribution in [1.82, 2.24) is 5.32 Å². The molecule has 23 heavy (non-hydrogen) atoms. The van der Waals surface area contributed by atoms with Crippen molar-refractivity contribution >= 4 is 11.9 Å². The Morgan fingerprint density at radius 3 is 2.52 bits per heavy atom. The molecule has 0 heterocycles. The van der Waals surface area contributed by atoms with Crippen LogP contribution in [0.3, 0.4) is 0 Å². The number of carbonyl (C=O) groups is 2. The van der Waals surface area contributed by atoms with E-state index in [1.165, 1.54) is 19.2 Å². The van der Waals surface area contributed by atoms with Crippen LogP contribution in [0.25, 0.3) is 0 Å². The summed E-state index contributed by atoms with van der Waals surface area (Å²) in [6.07, 6.45) is -3.75. The second kappa shape index (κ2) is 6.19. The molecule has 0 radical (unpaired) electrons. The number of amides is 1. The molecule has 1 aromatic carbocycles.